The van der Waals surface area contributed by atoms with Crippen molar-refractivity contribution in [3.63, 3.8) is 0 Å². The number of carbonyl (C=O) groups excluding carboxylic acids is 1. The second-order valence-corrected chi connectivity index (χ2v) is 9.44. The summed E-state index contributed by atoms with van der Waals surface area (Å²) < 4.78 is 0.807. The molecule has 1 aliphatic rings. The van der Waals surface area contributed by atoms with Crippen molar-refractivity contribution in [2.45, 2.75) is 31.8 Å². The first-order valence-electron chi connectivity index (χ1n) is 11.2. The molecule has 0 saturated heterocycles. The zero-order chi connectivity index (χ0) is 26.0. The Kier molecular flexibility index (Phi) is 7.21. The van der Waals surface area contributed by atoms with Gasteiger partial charge >= 0.3 is 17.9 Å². The van der Waals surface area contributed by atoms with Crippen LogP contribution in [0.1, 0.15) is 77.0 Å². The highest BCUT2D eigenvalue weighted by Crippen LogP contribution is 2.37. The number of hydrogen-bond acceptors (Lipinski definition) is 4. The van der Waals surface area contributed by atoms with Gasteiger partial charge in [-0.05, 0) is 60.2 Å². The third-order valence-corrected chi connectivity index (χ3v) is 6.79. The van der Waals surface area contributed by atoms with Gasteiger partial charge in [0.25, 0.3) is 5.91 Å². The molecule has 0 aromatic heterocycles. The minimum Gasteiger partial charge on any atom is -0.478 e. The highest BCUT2D eigenvalue weighted by Gasteiger charge is 2.33. The maximum Gasteiger partial charge on any atom is 0.336 e. The molecule has 8 nitrogen and oxygen atoms in total. The molecule has 0 radical (unpaired) electrons. The summed E-state index contributed by atoms with van der Waals surface area (Å²) >= 11 is 3.43. The van der Waals surface area contributed by atoms with Crippen molar-refractivity contribution < 1.29 is 34.5 Å². The van der Waals surface area contributed by atoms with Gasteiger partial charge in [-0.15, -0.1) is 0 Å². The number of benzene rings is 3. The van der Waals surface area contributed by atoms with Crippen molar-refractivity contribution in [2.24, 2.45) is 0 Å². The van der Waals surface area contributed by atoms with Crippen LogP contribution in [0.5, 0.6) is 0 Å². The molecule has 0 fully saturated rings. The number of carboxylic acids is 3. The van der Waals surface area contributed by atoms with Gasteiger partial charge in [0.15, 0.2) is 0 Å². The van der Waals surface area contributed by atoms with Crippen LogP contribution in [0.25, 0.3) is 0 Å². The topological polar surface area (TPSA) is 132 Å². The van der Waals surface area contributed by atoms with Crippen LogP contribution >= 0.6 is 15.9 Å². The van der Waals surface area contributed by atoms with E-state index in [1.165, 1.54) is 0 Å². The van der Waals surface area contributed by atoms with Gasteiger partial charge in [0, 0.05) is 11.0 Å². The first kappa shape index (κ1) is 25.1. The van der Waals surface area contributed by atoms with E-state index in [1.54, 1.807) is 4.90 Å². The molecule has 9 heteroatoms. The van der Waals surface area contributed by atoms with Gasteiger partial charge in [-0.25, -0.2) is 14.4 Å². The summed E-state index contributed by atoms with van der Waals surface area (Å²) in [5.41, 5.74) is 0.545. The highest BCUT2D eigenvalue weighted by molar-refractivity contribution is 9.10. The van der Waals surface area contributed by atoms with E-state index in [4.69, 9.17) is 0 Å². The Morgan fingerprint density at radius 2 is 1.42 bits per heavy atom. The summed E-state index contributed by atoms with van der Waals surface area (Å²) in [4.78, 5) is 51.1. The smallest absolute Gasteiger partial charge is 0.336 e. The molecule has 0 unspecified atom stereocenters. The van der Waals surface area contributed by atoms with E-state index in [2.05, 4.69) is 15.9 Å². The Morgan fingerprint density at radius 1 is 0.806 bits per heavy atom. The Labute approximate surface area is 214 Å². The first-order chi connectivity index (χ1) is 17.2. The number of rotatable bonds is 7. The molecule has 0 aliphatic heterocycles. The molecule has 0 saturated carbocycles. The molecular formula is C27H22BrNO7. The van der Waals surface area contributed by atoms with E-state index in [-0.39, 0.29) is 18.2 Å². The van der Waals surface area contributed by atoms with E-state index in [1.807, 2.05) is 48.5 Å². The number of amides is 1. The molecule has 0 heterocycles. The number of nitrogens with zero attached hydrogens (tertiary/aromatic N) is 1. The molecule has 0 bridgehead atoms. The second-order valence-electron chi connectivity index (χ2n) is 8.53. The van der Waals surface area contributed by atoms with Gasteiger partial charge in [0.2, 0.25) is 0 Å². The fraction of sp³-hybridized carbons (Fsp3) is 0.185. The third-order valence-electron chi connectivity index (χ3n) is 6.30. The maximum atomic E-state index is 14.0. The zero-order valence-electron chi connectivity index (χ0n) is 19.0. The standard InChI is InChI=1S/C27H22BrNO7/c28-17-8-3-5-15(11-17)14-29(23-10-4-7-16-6-1-2-9-18(16)23)24(30)19-12-21(26(33)34)22(27(35)36)13-20(19)25(31)32/h1-3,5-6,8-9,11-13,23H,4,7,10,14H2,(H,31,32)(H,33,34)(H,35,36)/t23-/m0/s1. The number of aryl methyl sites for hydroxylation is 1. The number of aromatic carboxylic acids is 3. The lowest BCUT2D eigenvalue weighted by Crippen LogP contribution is -2.37. The van der Waals surface area contributed by atoms with Crippen LogP contribution in [0.3, 0.4) is 0 Å². The van der Waals surface area contributed by atoms with Gasteiger partial charge in [-0.1, -0.05) is 52.3 Å². The van der Waals surface area contributed by atoms with Crippen molar-refractivity contribution in [3.8, 4) is 0 Å². The Hall–Kier alpha value is -3.98. The fourth-order valence-electron chi connectivity index (χ4n) is 4.67. The largest absolute Gasteiger partial charge is 0.478 e. The predicted octanol–water partition coefficient (Wildman–Crippen LogP) is 5.26. The lowest BCUT2D eigenvalue weighted by molar-refractivity contribution is 0.0611. The Bertz CT molecular complexity index is 1380. The average Bonchev–Trinajstić information content (AvgIpc) is 2.85. The molecular weight excluding hydrogens is 530 g/mol. The van der Waals surface area contributed by atoms with Crippen molar-refractivity contribution in [1.29, 1.82) is 0 Å². The minimum atomic E-state index is -1.60. The quantitative estimate of drug-likeness (QED) is 0.364. The van der Waals surface area contributed by atoms with E-state index in [0.29, 0.717) is 6.42 Å². The van der Waals surface area contributed by atoms with Crippen LogP contribution in [-0.4, -0.2) is 44.0 Å². The van der Waals surface area contributed by atoms with Crippen LogP contribution in [0, 0.1) is 0 Å². The fourth-order valence-corrected chi connectivity index (χ4v) is 5.12. The average molecular weight is 552 g/mol. The van der Waals surface area contributed by atoms with Gasteiger partial charge in [0.05, 0.1) is 28.3 Å². The van der Waals surface area contributed by atoms with Crippen molar-refractivity contribution in [3.05, 3.63) is 104 Å². The lowest BCUT2D eigenvalue weighted by Gasteiger charge is -2.36. The van der Waals surface area contributed by atoms with Crippen molar-refractivity contribution in [1.82, 2.24) is 4.90 Å². The zero-order valence-corrected chi connectivity index (χ0v) is 20.6. The monoisotopic (exact) mass is 551 g/mol. The summed E-state index contributed by atoms with van der Waals surface area (Å²) in [6.07, 6.45) is 2.30. The van der Waals surface area contributed by atoms with Gasteiger partial charge in [-0.2, -0.15) is 0 Å². The molecule has 1 atom stereocenters. The van der Waals surface area contributed by atoms with Crippen molar-refractivity contribution >= 4 is 39.7 Å². The summed E-state index contributed by atoms with van der Waals surface area (Å²) in [5.74, 6) is -5.38. The van der Waals surface area contributed by atoms with Gasteiger partial charge < -0.3 is 20.2 Å². The molecule has 184 valence electrons. The summed E-state index contributed by atoms with van der Waals surface area (Å²) in [6.45, 7) is 0.138. The van der Waals surface area contributed by atoms with Gasteiger partial charge in [-0.3, -0.25) is 4.79 Å². The van der Waals surface area contributed by atoms with Crippen LogP contribution in [0.15, 0.2) is 65.1 Å². The molecule has 1 amide bonds. The number of carboxylic acid groups (broad SMARTS) is 3. The number of carbonyl (C=O) groups is 4. The Morgan fingerprint density at radius 3 is 2.06 bits per heavy atom. The molecule has 3 N–H and O–H groups in total. The second kappa shape index (κ2) is 10.3. The van der Waals surface area contributed by atoms with E-state index in [0.717, 1.165) is 46.1 Å². The SMILES string of the molecule is O=C(O)c1cc(C(=O)O)c(C(=O)N(Cc2cccc(Br)c2)[C@H]2CCCc3ccccc32)cc1C(=O)O. The summed E-state index contributed by atoms with van der Waals surface area (Å²) in [5, 5.41) is 28.8. The summed E-state index contributed by atoms with van der Waals surface area (Å²) in [6, 6.07) is 16.3. The van der Waals surface area contributed by atoms with Crippen LogP contribution in [-0.2, 0) is 13.0 Å². The third kappa shape index (κ3) is 5.01. The van der Waals surface area contributed by atoms with E-state index < -0.39 is 40.5 Å². The summed E-state index contributed by atoms with van der Waals surface area (Å²) in [7, 11) is 0. The van der Waals surface area contributed by atoms with Crippen LogP contribution in [0.4, 0.5) is 0 Å². The molecule has 0 spiro atoms. The van der Waals surface area contributed by atoms with E-state index in [9.17, 15) is 34.5 Å². The molecule has 1 aliphatic carbocycles. The van der Waals surface area contributed by atoms with Crippen molar-refractivity contribution in [2.75, 3.05) is 0 Å². The van der Waals surface area contributed by atoms with Gasteiger partial charge in [0.1, 0.15) is 0 Å². The number of fused-ring (bicyclic) bond motifs is 1. The lowest BCUT2D eigenvalue weighted by atomic mass is 9.86. The molecule has 36 heavy (non-hydrogen) atoms. The first-order valence-corrected chi connectivity index (χ1v) is 12.0. The number of halogens is 1. The minimum absolute atomic E-state index is 0.138. The normalized spacial score (nSPS) is 14.5. The van der Waals surface area contributed by atoms with Crippen LogP contribution in [0.2, 0.25) is 0 Å². The molecule has 4 rings (SSSR count). The number of hydrogen-bond donors (Lipinski definition) is 3. The molecule has 3 aromatic carbocycles. The predicted molar refractivity (Wildman–Crippen MR) is 133 cm³/mol. The Balaban J connectivity index is 1.89. The molecule has 3 aromatic rings. The van der Waals surface area contributed by atoms with E-state index >= 15 is 0 Å². The maximum absolute atomic E-state index is 14.0. The highest BCUT2D eigenvalue weighted by atomic mass is 79.9. The van der Waals surface area contributed by atoms with Crippen LogP contribution < -0.4 is 0 Å².